The number of carboxylic acid groups (broad SMARTS) is 1. The molecule has 0 radical (unpaired) electrons. The van der Waals surface area contributed by atoms with Crippen LogP contribution in [0.25, 0.3) is 11.1 Å². The summed E-state index contributed by atoms with van der Waals surface area (Å²) in [5.41, 5.74) is 2.40. The Kier molecular flexibility index (Phi) is 3.78. The fourth-order valence-corrected chi connectivity index (χ4v) is 2.23. The smallest absolute Gasteiger partial charge is 0.335 e. The Bertz CT molecular complexity index is 805. The first-order valence-corrected chi connectivity index (χ1v) is 7.00. The summed E-state index contributed by atoms with van der Waals surface area (Å²) in [5.74, 6) is 0.412. The van der Waals surface area contributed by atoms with Gasteiger partial charge in [-0.1, -0.05) is 12.1 Å². The number of aromatic nitrogens is 1. The third kappa shape index (κ3) is 2.93. The van der Waals surface area contributed by atoms with E-state index in [0.717, 1.165) is 11.3 Å². The van der Waals surface area contributed by atoms with Gasteiger partial charge in [0.05, 0.1) is 12.2 Å². The molecule has 112 valence electrons. The minimum Gasteiger partial charge on any atom is -0.494 e. The fraction of sp³-hybridized carbons (Fsp3) is 0.176. The number of benzene rings is 2. The van der Waals surface area contributed by atoms with Gasteiger partial charge in [-0.2, -0.15) is 0 Å². The molecule has 0 aliphatic rings. The minimum atomic E-state index is -0.974. The lowest BCUT2D eigenvalue weighted by Gasteiger charge is -2.03. The molecular formula is C17H15NO4. The van der Waals surface area contributed by atoms with Crippen LogP contribution in [0.4, 0.5) is 0 Å². The molecule has 0 aliphatic heterocycles. The molecule has 0 aliphatic carbocycles. The molecule has 0 spiro atoms. The van der Waals surface area contributed by atoms with Gasteiger partial charge < -0.3 is 14.3 Å². The van der Waals surface area contributed by atoms with Crippen LogP contribution < -0.4 is 4.74 Å². The van der Waals surface area contributed by atoms with Crippen LogP contribution in [0.5, 0.6) is 5.75 Å². The first-order valence-electron chi connectivity index (χ1n) is 7.00. The normalized spacial score (nSPS) is 10.8. The van der Waals surface area contributed by atoms with Crippen LogP contribution in [0.2, 0.25) is 0 Å². The number of hydrogen-bond donors (Lipinski definition) is 1. The van der Waals surface area contributed by atoms with Crippen molar-refractivity contribution in [3.8, 4) is 5.75 Å². The topological polar surface area (TPSA) is 72.6 Å². The molecule has 0 saturated carbocycles. The lowest BCUT2D eigenvalue weighted by Crippen LogP contribution is -1.94. The fourth-order valence-electron chi connectivity index (χ4n) is 2.23. The van der Waals surface area contributed by atoms with Gasteiger partial charge in [-0.3, -0.25) is 0 Å². The quantitative estimate of drug-likeness (QED) is 0.780. The van der Waals surface area contributed by atoms with Gasteiger partial charge in [0.25, 0.3) is 0 Å². The van der Waals surface area contributed by atoms with Crippen molar-refractivity contribution in [2.45, 2.75) is 13.3 Å². The number of carbonyl (C=O) groups is 1. The standard InChI is InChI=1S/C17H15NO4/c1-2-21-13-6-3-11(4-7-13)9-16-18-14-10-12(17(19)20)5-8-15(14)22-16/h3-8,10H,2,9H2,1H3,(H,19,20). The highest BCUT2D eigenvalue weighted by Gasteiger charge is 2.10. The van der Waals surface area contributed by atoms with E-state index in [1.54, 1.807) is 6.07 Å². The molecule has 1 heterocycles. The Hall–Kier alpha value is -2.82. The van der Waals surface area contributed by atoms with Gasteiger partial charge in [0.2, 0.25) is 0 Å². The number of ether oxygens (including phenoxy) is 1. The summed E-state index contributed by atoms with van der Waals surface area (Å²) in [6, 6.07) is 12.4. The van der Waals surface area contributed by atoms with E-state index in [4.69, 9.17) is 14.3 Å². The van der Waals surface area contributed by atoms with E-state index < -0.39 is 5.97 Å². The third-order valence-electron chi connectivity index (χ3n) is 3.27. The Labute approximate surface area is 127 Å². The van der Waals surface area contributed by atoms with Crippen molar-refractivity contribution in [1.29, 1.82) is 0 Å². The second-order valence-electron chi connectivity index (χ2n) is 4.85. The molecule has 22 heavy (non-hydrogen) atoms. The van der Waals surface area contributed by atoms with Crippen LogP contribution in [-0.4, -0.2) is 22.7 Å². The lowest BCUT2D eigenvalue weighted by molar-refractivity contribution is 0.0697. The Balaban J connectivity index is 1.82. The summed E-state index contributed by atoms with van der Waals surface area (Å²) in [6.45, 7) is 2.58. The molecule has 0 bridgehead atoms. The monoisotopic (exact) mass is 297 g/mol. The van der Waals surface area contributed by atoms with Crippen molar-refractivity contribution < 1.29 is 19.1 Å². The summed E-state index contributed by atoms with van der Waals surface area (Å²) in [7, 11) is 0. The van der Waals surface area contributed by atoms with Crippen LogP contribution in [0.1, 0.15) is 28.7 Å². The van der Waals surface area contributed by atoms with Crippen LogP contribution in [0.15, 0.2) is 46.9 Å². The highest BCUT2D eigenvalue weighted by molar-refractivity contribution is 5.91. The number of nitrogens with zero attached hydrogens (tertiary/aromatic N) is 1. The highest BCUT2D eigenvalue weighted by Crippen LogP contribution is 2.20. The van der Waals surface area contributed by atoms with Crippen molar-refractivity contribution in [2.24, 2.45) is 0 Å². The molecule has 1 N–H and O–H groups in total. The third-order valence-corrected chi connectivity index (χ3v) is 3.27. The van der Waals surface area contributed by atoms with Crippen molar-refractivity contribution in [3.63, 3.8) is 0 Å². The number of fused-ring (bicyclic) bond motifs is 1. The van der Waals surface area contributed by atoms with Crippen LogP contribution in [0.3, 0.4) is 0 Å². The molecular weight excluding hydrogens is 282 g/mol. The summed E-state index contributed by atoms with van der Waals surface area (Å²) < 4.78 is 11.0. The highest BCUT2D eigenvalue weighted by atomic mass is 16.5. The molecule has 0 atom stereocenters. The molecule has 0 amide bonds. The summed E-state index contributed by atoms with van der Waals surface area (Å²) in [4.78, 5) is 15.3. The van der Waals surface area contributed by atoms with E-state index >= 15 is 0 Å². The SMILES string of the molecule is CCOc1ccc(Cc2nc3cc(C(=O)O)ccc3o2)cc1. The van der Waals surface area contributed by atoms with Gasteiger partial charge in [-0.15, -0.1) is 0 Å². The van der Waals surface area contributed by atoms with Gasteiger partial charge in [0.1, 0.15) is 11.3 Å². The van der Waals surface area contributed by atoms with Gasteiger partial charge >= 0.3 is 5.97 Å². The Morgan fingerprint density at radius 2 is 2.00 bits per heavy atom. The van der Waals surface area contributed by atoms with Crippen LogP contribution >= 0.6 is 0 Å². The second kappa shape index (κ2) is 5.89. The zero-order valence-corrected chi connectivity index (χ0v) is 12.1. The van der Waals surface area contributed by atoms with E-state index in [9.17, 15) is 4.79 Å². The summed E-state index contributed by atoms with van der Waals surface area (Å²) >= 11 is 0. The van der Waals surface area contributed by atoms with E-state index in [0.29, 0.717) is 30.0 Å². The lowest BCUT2D eigenvalue weighted by atomic mass is 10.1. The number of carboxylic acids is 1. The van der Waals surface area contributed by atoms with Gasteiger partial charge in [0.15, 0.2) is 11.5 Å². The molecule has 2 aromatic carbocycles. The van der Waals surface area contributed by atoms with E-state index in [2.05, 4.69) is 4.98 Å². The maximum absolute atomic E-state index is 11.0. The zero-order chi connectivity index (χ0) is 15.5. The van der Waals surface area contributed by atoms with E-state index in [-0.39, 0.29) is 5.56 Å². The van der Waals surface area contributed by atoms with Crippen LogP contribution in [0, 0.1) is 0 Å². The van der Waals surface area contributed by atoms with Gasteiger partial charge in [-0.25, -0.2) is 9.78 Å². The van der Waals surface area contributed by atoms with Gasteiger partial charge in [-0.05, 0) is 42.8 Å². The summed E-state index contributed by atoms with van der Waals surface area (Å²) in [5, 5.41) is 8.99. The predicted molar refractivity (Wildman–Crippen MR) is 81.4 cm³/mol. The summed E-state index contributed by atoms with van der Waals surface area (Å²) in [6.07, 6.45) is 0.545. The van der Waals surface area contributed by atoms with Crippen molar-refractivity contribution in [1.82, 2.24) is 4.98 Å². The molecule has 0 unspecified atom stereocenters. The van der Waals surface area contributed by atoms with Gasteiger partial charge in [0, 0.05) is 6.42 Å². The Morgan fingerprint density at radius 1 is 1.23 bits per heavy atom. The number of hydrogen-bond acceptors (Lipinski definition) is 4. The zero-order valence-electron chi connectivity index (χ0n) is 12.1. The maximum atomic E-state index is 11.0. The Morgan fingerprint density at radius 3 is 2.68 bits per heavy atom. The molecule has 0 fully saturated rings. The van der Waals surface area contributed by atoms with Crippen molar-refractivity contribution >= 4 is 17.1 Å². The molecule has 3 rings (SSSR count). The average Bonchev–Trinajstić information content (AvgIpc) is 2.90. The number of aromatic carboxylic acids is 1. The second-order valence-corrected chi connectivity index (χ2v) is 4.85. The molecule has 3 aromatic rings. The largest absolute Gasteiger partial charge is 0.494 e. The molecule has 0 saturated heterocycles. The number of rotatable bonds is 5. The van der Waals surface area contributed by atoms with E-state index in [1.165, 1.54) is 12.1 Å². The minimum absolute atomic E-state index is 0.202. The predicted octanol–water partition coefficient (Wildman–Crippen LogP) is 3.52. The number of oxazole rings is 1. The van der Waals surface area contributed by atoms with Crippen LogP contribution in [-0.2, 0) is 6.42 Å². The molecule has 5 nitrogen and oxygen atoms in total. The maximum Gasteiger partial charge on any atom is 0.335 e. The van der Waals surface area contributed by atoms with Crippen molar-refractivity contribution in [3.05, 3.63) is 59.5 Å². The average molecular weight is 297 g/mol. The molecule has 1 aromatic heterocycles. The van der Waals surface area contributed by atoms with E-state index in [1.807, 2.05) is 31.2 Å². The first kappa shape index (κ1) is 14.1. The van der Waals surface area contributed by atoms with Crippen molar-refractivity contribution in [2.75, 3.05) is 6.61 Å². The first-order chi connectivity index (χ1) is 10.7. The molecule has 5 heteroatoms.